The molecule has 0 saturated carbocycles. The average Bonchev–Trinajstić information content (AvgIpc) is 2.61. The molecule has 2 rings (SSSR count). The van der Waals surface area contributed by atoms with Gasteiger partial charge < -0.3 is 4.74 Å². The zero-order valence-corrected chi connectivity index (χ0v) is 9.80. The molecule has 16 heavy (non-hydrogen) atoms. The second-order valence-corrected chi connectivity index (χ2v) is 4.35. The van der Waals surface area contributed by atoms with Crippen molar-refractivity contribution in [1.82, 2.24) is 9.88 Å². The zero-order chi connectivity index (χ0) is 11.7. The van der Waals surface area contributed by atoms with Gasteiger partial charge in [0.15, 0.2) is 0 Å². The number of rotatable bonds is 2. The summed E-state index contributed by atoms with van der Waals surface area (Å²) in [7, 11) is 0. The summed E-state index contributed by atoms with van der Waals surface area (Å²) in [4.78, 5) is 17.6. The average molecular weight is 220 g/mol. The number of carbonyl (C=O) groups is 1. The standard InChI is InChI=1S/C12H16N2O2/c1-8(2)14-11(7-16-12(14)15)10-5-4-9(3)6-13-10/h4-6,8,11H,7H2,1-3H3. The van der Waals surface area contributed by atoms with Crippen LogP contribution in [0.4, 0.5) is 4.79 Å². The van der Waals surface area contributed by atoms with Gasteiger partial charge in [-0.3, -0.25) is 9.88 Å². The van der Waals surface area contributed by atoms with E-state index in [1.165, 1.54) is 0 Å². The normalized spacial score (nSPS) is 20.4. The topological polar surface area (TPSA) is 42.4 Å². The van der Waals surface area contributed by atoms with Crippen LogP contribution in [-0.2, 0) is 4.74 Å². The van der Waals surface area contributed by atoms with E-state index in [1.54, 1.807) is 4.90 Å². The Morgan fingerprint density at radius 2 is 2.25 bits per heavy atom. The largest absolute Gasteiger partial charge is 0.447 e. The molecule has 0 aromatic carbocycles. The molecule has 0 spiro atoms. The first-order valence-electron chi connectivity index (χ1n) is 5.47. The maximum absolute atomic E-state index is 11.5. The second-order valence-electron chi connectivity index (χ2n) is 4.35. The van der Waals surface area contributed by atoms with Gasteiger partial charge in [0.05, 0.1) is 5.69 Å². The Morgan fingerprint density at radius 1 is 1.50 bits per heavy atom. The van der Waals surface area contributed by atoms with Crippen LogP contribution in [0.15, 0.2) is 18.3 Å². The van der Waals surface area contributed by atoms with E-state index in [0.717, 1.165) is 11.3 Å². The minimum Gasteiger partial charge on any atom is -0.447 e. The molecule has 1 saturated heterocycles. The molecule has 1 fully saturated rings. The van der Waals surface area contributed by atoms with E-state index in [9.17, 15) is 4.79 Å². The third-order valence-corrected chi connectivity index (χ3v) is 2.74. The lowest BCUT2D eigenvalue weighted by Crippen LogP contribution is -2.34. The fourth-order valence-electron chi connectivity index (χ4n) is 1.91. The number of hydrogen-bond donors (Lipinski definition) is 0. The van der Waals surface area contributed by atoms with Gasteiger partial charge in [-0.15, -0.1) is 0 Å². The molecule has 1 aliphatic heterocycles. The molecule has 4 heteroatoms. The summed E-state index contributed by atoms with van der Waals surface area (Å²) in [5, 5.41) is 0. The van der Waals surface area contributed by atoms with Crippen molar-refractivity contribution in [3.8, 4) is 0 Å². The van der Waals surface area contributed by atoms with Crippen molar-refractivity contribution < 1.29 is 9.53 Å². The number of aryl methyl sites for hydroxylation is 1. The number of amides is 1. The molecule has 0 aliphatic carbocycles. The lowest BCUT2D eigenvalue weighted by molar-refractivity contribution is 0.149. The van der Waals surface area contributed by atoms with Crippen LogP contribution in [0, 0.1) is 6.92 Å². The van der Waals surface area contributed by atoms with Gasteiger partial charge in [-0.05, 0) is 32.4 Å². The summed E-state index contributed by atoms with van der Waals surface area (Å²) in [6, 6.07) is 4.04. The van der Waals surface area contributed by atoms with Crippen molar-refractivity contribution in [2.45, 2.75) is 32.9 Å². The Labute approximate surface area is 95.2 Å². The van der Waals surface area contributed by atoms with Crippen LogP contribution >= 0.6 is 0 Å². The Kier molecular flexibility index (Phi) is 2.81. The van der Waals surface area contributed by atoms with Crippen molar-refractivity contribution in [3.05, 3.63) is 29.6 Å². The molecule has 1 unspecified atom stereocenters. The van der Waals surface area contributed by atoms with E-state index in [0.29, 0.717) is 6.61 Å². The summed E-state index contributed by atoms with van der Waals surface area (Å²) < 4.78 is 5.07. The Bertz CT molecular complexity index is 387. The number of pyridine rings is 1. The second kappa shape index (κ2) is 4.12. The molecule has 2 heterocycles. The summed E-state index contributed by atoms with van der Waals surface area (Å²) >= 11 is 0. The fourth-order valence-corrected chi connectivity index (χ4v) is 1.91. The van der Waals surface area contributed by atoms with Crippen LogP contribution in [0.1, 0.15) is 31.1 Å². The van der Waals surface area contributed by atoms with Crippen LogP contribution < -0.4 is 0 Å². The predicted octanol–water partition coefficient (Wildman–Crippen LogP) is 2.29. The van der Waals surface area contributed by atoms with Crippen molar-refractivity contribution in [1.29, 1.82) is 0 Å². The summed E-state index contributed by atoms with van der Waals surface area (Å²) in [5.41, 5.74) is 2.01. The van der Waals surface area contributed by atoms with E-state index in [2.05, 4.69) is 4.98 Å². The molecule has 0 radical (unpaired) electrons. The van der Waals surface area contributed by atoms with Crippen LogP contribution in [0.3, 0.4) is 0 Å². The highest BCUT2D eigenvalue weighted by atomic mass is 16.6. The minimum atomic E-state index is -0.248. The summed E-state index contributed by atoms with van der Waals surface area (Å²) in [6.07, 6.45) is 1.57. The van der Waals surface area contributed by atoms with Gasteiger partial charge in [-0.25, -0.2) is 4.79 Å². The van der Waals surface area contributed by atoms with E-state index in [4.69, 9.17) is 4.74 Å². The van der Waals surface area contributed by atoms with E-state index < -0.39 is 0 Å². The first-order chi connectivity index (χ1) is 7.59. The van der Waals surface area contributed by atoms with Crippen molar-refractivity contribution >= 4 is 6.09 Å². The minimum absolute atomic E-state index is 0.0481. The summed E-state index contributed by atoms with van der Waals surface area (Å²) in [6.45, 7) is 6.35. The van der Waals surface area contributed by atoms with Gasteiger partial charge >= 0.3 is 6.09 Å². The zero-order valence-electron chi connectivity index (χ0n) is 9.80. The molecule has 4 nitrogen and oxygen atoms in total. The molecular weight excluding hydrogens is 204 g/mol. The number of cyclic esters (lactones) is 1. The van der Waals surface area contributed by atoms with Crippen molar-refractivity contribution in [2.24, 2.45) is 0 Å². The number of aromatic nitrogens is 1. The first kappa shape index (κ1) is 10.9. The SMILES string of the molecule is Cc1ccc(C2COC(=O)N2C(C)C)nc1. The molecule has 1 amide bonds. The van der Waals surface area contributed by atoms with Gasteiger partial charge in [0, 0.05) is 12.2 Å². The number of carbonyl (C=O) groups excluding carboxylic acids is 1. The van der Waals surface area contributed by atoms with Gasteiger partial charge in [0.2, 0.25) is 0 Å². The highest BCUT2D eigenvalue weighted by Gasteiger charge is 2.36. The number of hydrogen-bond acceptors (Lipinski definition) is 3. The maximum Gasteiger partial charge on any atom is 0.410 e. The predicted molar refractivity (Wildman–Crippen MR) is 60.0 cm³/mol. The molecule has 0 N–H and O–H groups in total. The van der Waals surface area contributed by atoms with Gasteiger partial charge in [-0.1, -0.05) is 6.07 Å². The van der Waals surface area contributed by atoms with E-state index >= 15 is 0 Å². The van der Waals surface area contributed by atoms with Crippen LogP contribution in [0.25, 0.3) is 0 Å². The van der Waals surface area contributed by atoms with E-state index in [1.807, 2.05) is 39.1 Å². The fraction of sp³-hybridized carbons (Fsp3) is 0.500. The van der Waals surface area contributed by atoms with Crippen LogP contribution in [0.2, 0.25) is 0 Å². The van der Waals surface area contributed by atoms with Crippen molar-refractivity contribution in [2.75, 3.05) is 6.61 Å². The van der Waals surface area contributed by atoms with Gasteiger partial charge in [0.25, 0.3) is 0 Å². The molecule has 0 bridgehead atoms. The highest BCUT2D eigenvalue weighted by molar-refractivity contribution is 5.70. The first-order valence-corrected chi connectivity index (χ1v) is 5.47. The molecule has 86 valence electrons. The maximum atomic E-state index is 11.5. The Hall–Kier alpha value is -1.58. The molecule has 1 atom stereocenters. The number of ether oxygens (including phenoxy) is 1. The van der Waals surface area contributed by atoms with Gasteiger partial charge in [0.1, 0.15) is 12.6 Å². The Balaban J connectivity index is 2.26. The number of nitrogens with zero attached hydrogens (tertiary/aromatic N) is 2. The lowest BCUT2D eigenvalue weighted by Gasteiger charge is -2.24. The highest BCUT2D eigenvalue weighted by Crippen LogP contribution is 2.28. The van der Waals surface area contributed by atoms with E-state index in [-0.39, 0.29) is 18.2 Å². The molecule has 1 aromatic rings. The third kappa shape index (κ3) is 1.87. The van der Waals surface area contributed by atoms with Crippen LogP contribution in [0.5, 0.6) is 0 Å². The summed E-state index contributed by atoms with van der Waals surface area (Å²) in [5.74, 6) is 0. The monoisotopic (exact) mass is 220 g/mol. The molecule has 1 aliphatic rings. The molecule has 1 aromatic heterocycles. The van der Waals surface area contributed by atoms with Crippen molar-refractivity contribution in [3.63, 3.8) is 0 Å². The third-order valence-electron chi connectivity index (χ3n) is 2.74. The Morgan fingerprint density at radius 3 is 2.81 bits per heavy atom. The quantitative estimate of drug-likeness (QED) is 0.768. The molecular formula is C12H16N2O2. The smallest absolute Gasteiger partial charge is 0.410 e. The van der Waals surface area contributed by atoms with Crippen LogP contribution in [-0.4, -0.2) is 28.6 Å². The van der Waals surface area contributed by atoms with Gasteiger partial charge in [-0.2, -0.15) is 0 Å². The lowest BCUT2D eigenvalue weighted by atomic mass is 10.1.